The Morgan fingerprint density at radius 1 is 0.968 bits per heavy atom. The average Bonchev–Trinajstić information content (AvgIpc) is 2.84. The fourth-order valence-corrected chi connectivity index (χ4v) is 6.08. The van der Waals surface area contributed by atoms with E-state index >= 15 is 0 Å². The minimum absolute atomic E-state index is 0.725. The highest BCUT2D eigenvalue weighted by Gasteiger charge is 2.25. The molecule has 2 fully saturated rings. The highest BCUT2D eigenvalue weighted by atomic mass is 32.2. The molecular formula is C25H36N4S2. The minimum atomic E-state index is 0.725. The topological polar surface area (TPSA) is 30.5 Å². The standard InChI is InChI=1S/C21H26N2S2.C4H10N2/c1-22-13-6-5-7-16(22)12-14-23-18-8-3-4-9-20(18)25-21-11-10-17(24-2)15-19(21)23;1-2-6-4-3-5-1/h3-4,8-11,15-16H,5-7,12-14H2,1-2H3;5-6H,1-4H2. The van der Waals surface area contributed by atoms with Crippen molar-refractivity contribution in [2.75, 3.05) is 57.5 Å². The Morgan fingerprint density at radius 3 is 2.42 bits per heavy atom. The van der Waals surface area contributed by atoms with Gasteiger partial charge < -0.3 is 20.4 Å². The molecule has 2 N–H and O–H groups in total. The monoisotopic (exact) mass is 456 g/mol. The van der Waals surface area contributed by atoms with Gasteiger partial charge in [0.1, 0.15) is 0 Å². The van der Waals surface area contributed by atoms with Gasteiger partial charge in [-0.3, -0.25) is 0 Å². The van der Waals surface area contributed by atoms with E-state index in [9.17, 15) is 0 Å². The maximum atomic E-state index is 3.22. The molecule has 0 radical (unpaired) electrons. The van der Waals surface area contributed by atoms with E-state index < -0.39 is 0 Å². The van der Waals surface area contributed by atoms with Crippen LogP contribution in [0.5, 0.6) is 0 Å². The summed E-state index contributed by atoms with van der Waals surface area (Å²) in [7, 11) is 2.30. The summed E-state index contributed by atoms with van der Waals surface area (Å²) in [6, 6.07) is 16.5. The van der Waals surface area contributed by atoms with Gasteiger partial charge in [-0.2, -0.15) is 0 Å². The lowest BCUT2D eigenvalue weighted by Crippen LogP contribution is -2.39. The lowest BCUT2D eigenvalue weighted by atomic mass is 9.99. The van der Waals surface area contributed by atoms with Crippen molar-refractivity contribution in [2.45, 2.75) is 46.4 Å². The Balaban J connectivity index is 0.000000334. The maximum absolute atomic E-state index is 3.22. The number of benzene rings is 2. The summed E-state index contributed by atoms with van der Waals surface area (Å²) in [4.78, 5) is 9.23. The highest BCUT2D eigenvalue weighted by Crippen LogP contribution is 2.49. The zero-order chi connectivity index (χ0) is 21.5. The lowest BCUT2D eigenvalue weighted by Gasteiger charge is -2.37. The molecule has 0 amide bonds. The molecule has 1 atom stereocenters. The van der Waals surface area contributed by atoms with Gasteiger partial charge in [-0.25, -0.2) is 0 Å². The first kappa shape index (κ1) is 23.0. The fraction of sp³-hybridized carbons (Fsp3) is 0.520. The van der Waals surface area contributed by atoms with Gasteiger partial charge in [-0.1, -0.05) is 30.3 Å². The van der Waals surface area contributed by atoms with E-state index in [0.717, 1.165) is 38.8 Å². The van der Waals surface area contributed by atoms with Gasteiger partial charge in [0, 0.05) is 53.5 Å². The predicted molar refractivity (Wildman–Crippen MR) is 136 cm³/mol. The summed E-state index contributed by atoms with van der Waals surface area (Å²) in [6.45, 7) is 6.90. The van der Waals surface area contributed by atoms with Crippen LogP contribution in [0.3, 0.4) is 0 Å². The van der Waals surface area contributed by atoms with Crippen LogP contribution in [0.4, 0.5) is 11.4 Å². The number of hydrogen-bond donors (Lipinski definition) is 2. The largest absolute Gasteiger partial charge is 0.340 e. The molecular weight excluding hydrogens is 420 g/mol. The van der Waals surface area contributed by atoms with E-state index in [1.807, 2.05) is 23.5 Å². The third-order valence-electron chi connectivity index (χ3n) is 6.40. The Hall–Kier alpha value is -1.18. The maximum Gasteiger partial charge on any atom is 0.0564 e. The van der Waals surface area contributed by atoms with Gasteiger partial charge in [0.15, 0.2) is 0 Å². The average molecular weight is 457 g/mol. The van der Waals surface area contributed by atoms with Crippen LogP contribution in [0.15, 0.2) is 57.2 Å². The number of hydrogen-bond acceptors (Lipinski definition) is 6. The number of fused-ring (bicyclic) bond motifs is 2. The van der Waals surface area contributed by atoms with E-state index in [1.165, 1.54) is 58.3 Å². The van der Waals surface area contributed by atoms with Crippen molar-refractivity contribution in [3.8, 4) is 0 Å². The van der Waals surface area contributed by atoms with E-state index in [0.29, 0.717) is 0 Å². The third-order valence-corrected chi connectivity index (χ3v) is 8.25. The molecule has 3 aliphatic heterocycles. The number of thioether (sulfide) groups is 1. The zero-order valence-corrected chi connectivity index (χ0v) is 20.5. The Kier molecular flexibility index (Phi) is 8.62. The molecule has 31 heavy (non-hydrogen) atoms. The van der Waals surface area contributed by atoms with E-state index in [1.54, 1.807) is 0 Å². The first-order valence-electron chi connectivity index (χ1n) is 11.6. The lowest BCUT2D eigenvalue weighted by molar-refractivity contribution is 0.178. The van der Waals surface area contributed by atoms with Crippen molar-refractivity contribution in [1.82, 2.24) is 15.5 Å². The van der Waals surface area contributed by atoms with Gasteiger partial charge in [0.2, 0.25) is 0 Å². The number of nitrogens with one attached hydrogen (secondary N) is 2. The molecule has 0 aliphatic carbocycles. The molecule has 0 saturated carbocycles. The van der Waals surface area contributed by atoms with Crippen LogP contribution in [-0.4, -0.2) is 63.5 Å². The first-order chi connectivity index (χ1) is 15.3. The van der Waals surface area contributed by atoms with Crippen molar-refractivity contribution in [2.24, 2.45) is 0 Å². The van der Waals surface area contributed by atoms with Crippen LogP contribution in [0.25, 0.3) is 0 Å². The predicted octanol–water partition coefficient (Wildman–Crippen LogP) is 5.06. The number of likely N-dealkylation sites (tertiary alicyclic amines) is 1. The molecule has 168 valence electrons. The van der Waals surface area contributed by atoms with Crippen molar-refractivity contribution >= 4 is 34.9 Å². The van der Waals surface area contributed by atoms with Crippen LogP contribution in [0.2, 0.25) is 0 Å². The number of rotatable bonds is 4. The van der Waals surface area contributed by atoms with Crippen LogP contribution in [-0.2, 0) is 0 Å². The molecule has 3 aliphatic rings. The second-order valence-electron chi connectivity index (χ2n) is 8.47. The molecule has 0 spiro atoms. The Bertz CT molecular complexity index is 829. The summed E-state index contributed by atoms with van der Waals surface area (Å²) in [6.07, 6.45) is 7.48. The molecule has 5 rings (SSSR count). The van der Waals surface area contributed by atoms with Crippen molar-refractivity contribution < 1.29 is 0 Å². The molecule has 2 saturated heterocycles. The number of anilines is 2. The Morgan fingerprint density at radius 2 is 1.71 bits per heavy atom. The van der Waals surface area contributed by atoms with Crippen molar-refractivity contribution in [3.05, 3.63) is 42.5 Å². The van der Waals surface area contributed by atoms with Gasteiger partial charge >= 0.3 is 0 Å². The van der Waals surface area contributed by atoms with E-state index in [4.69, 9.17) is 0 Å². The van der Waals surface area contributed by atoms with E-state index in [2.05, 4.69) is 76.2 Å². The number of para-hydroxylation sites is 1. The van der Waals surface area contributed by atoms with Crippen LogP contribution >= 0.6 is 23.5 Å². The zero-order valence-electron chi connectivity index (χ0n) is 18.9. The molecule has 3 heterocycles. The third kappa shape index (κ3) is 5.99. The molecule has 1 unspecified atom stereocenters. The first-order valence-corrected chi connectivity index (χ1v) is 13.6. The van der Waals surface area contributed by atoms with Crippen molar-refractivity contribution in [3.63, 3.8) is 0 Å². The number of nitrogens with zero attached hydrogens (tertiary/aromatic N) is 2. The Labute approximate surface area is 196 Å². The van der Waals surface area contributed by atoms with Gasteiger partial charge in [-0.05, 0) is 69.4 Å². The summed E-state index contributed by atoms with van der Waals surface area (Å²) in [5, 5.41) is 6.44. The van der Waals surface area contributed by atoms with Crippen LogP contribution < -0.4 is 15.5 Å². The summed E-state index contributed by atoms with van der Waals surface area (Å²) >= 11 is 3.73. The second kappa shape index (κ2) is 11.6. The minimum Gasteiger partial charge on any atom is -0.340 e. The summed E-state index contributed by atoms with van der Waals surface area (Å²) < 4.78 is 0. The van der Waals surface area contributed by atoms with Gasteiger partial charge in [-0.15, -0.1) is 11.8 Å². The fourth-order valence-electron chi connectivity index (χ4n) is 4.57. The molecule has 0 bridgehead atoms. The SMILES string of the molecule is C1CNCCN1.CSc1ccc2c(c1)N(CCC1CCCCN1C)c1ccccc1S2. The summed E-state index contributed by atoms with van der Waals surface area (Å²) in [5.41, 5.74) is 2.76. The van der Waals surface area contributed by atoms with Crippen LogP contribution in [0, 0.1) is 0 Å². The molecule has 6 heteroatoms. The molecule has 2 aromatic carbocycles. The number of piperidine rings is 1. The smallest absolute Gasteiger partial charge is 0.0564 e. The van der Waals surface area contributed by atoms with E-state index in [-0.39, 0.29) is 0 Å². The molecule has 0 aromatic heterocycles. The van der Waals surface area contributed by atoms with Crippen LogP contribution in [0.1, 0.15) is 25.7 Å². The molecule has 2 aromatic rings. The van der Waals surface area contributed by atoms with Gasteiger partial charge in [0.25, 0.3) is 0 Å². The normalized spacial score (nSPS) is 21.0. The van der Waals surface area contributed by atoms with Gasteiger partial charge in [0.05, 0.1) is 11.4 Å². The second-order valence-corrected chi connectivity index (χ2v) is 10.4. The number of piperazine rings is 1. The quantitative estimate of drug-likeness (QED) is 0.625. The molecule has 4 nitrogen and oxygen atoms in total. The highest BCUT2D eigenvalue weighted by molar-refractivity contribution is 8.00. The summed E-state index contributed by atoms with van der Waals surface area (Å²) in [5.74, 6) is 0. The van der Waals surface area contributed by atoms with Crippen molar-refractivity contribution in [1.29, 1.82) is 0 Å².